The van der Waals surface area contributed by atoms with Gasteiger partial charge in [-0.2, -0.15) is 4.98 Å². The van der Waals surface area contributed by atoms with Crippen molar-refractivity contribution >= 4 is 47.2 Å². The predicted octanol–water partition coefficient (Wildman–Crippen LogP) is 1.83. The molecule has 0 atom stereocenters. The first-order valence-corrected chi connectivity index (χ1v) is 4.09. The Balaban J connectivity index is 2.92. The fraction of sp³-hybridized carbons (Fsp3) is 0. The monoisotopic (exact) mass is 220 g/mol. The van der Waals surface area contributed by atoms with Gasteiger partial charge < -0.3 is 0 Å². The Morgan fingerprint density at radius 2 is 2.08 bits per heavy atom. The van der Waals surface area contributed by atoms with Gasteiger partial charge in [0, 0.05) is 0 Å². The van der Waals surface area contributed by atoms with E-state index in [1.807, 2.05) is 0 Å². The second kappa shape index (κ2) is 2.76. The number of fused-ring (bicyclic) bond motifs is 1. The van der Waals surface area contributed by atoms with E-state index in [1.54, 1.807) is 0 Å². The molecule has 0 saturated carbocycles. The standard InChI is InChI=1S/C5H2Cl2N4S/c6-3-2-4(10-5(7)9-3)11(12)1-8-2/h1,12H. The third kappa shape index (κ3) is 1.14. The number of hydrogen-bond acceptors (Lipinski definition) is 4. The molecule has 12 heavy (non-hydrogen) atoms. The summed E-state index contributed by atoms with van der Waals surface area (Å²) in [6.45, 7) is 0. The molecule has 0 amide bonds. The lowest BCUT2D eigenvalue weighted by molar-refractivity contribution is 1.18. The molecule has 0 aliphatic carbocycles. The zero-order valence-corrected chi connectivity index (χ0v) is 7.98. The van der Waals surface area contributed by atoms with E-state index in [0.29, 0.717) is 11.2 Å². The average molecular weight is 221 g/mol. The lowest BCUT2D eigenvalue weighted by atomic mass is 10.6. The summed E-state index contributed by atoms with van der Waals surface area (Å²) < 4.78 is 1.43. The number of hydrogen-bond donors (Lipinski definition) is 1. The van der Waals surface area contributed by atoms with Crippen LogP contribution in [0.15, 0.2) is 6.33 Å². The summed E-state index contributed by atoms with van der Waals surface area (Å²) in [5, 5.41) is 0.320. The van der Waals surface area contributed by atoms with Crippen molar-refractivity contribution in [3.8, 4) is 0 Å². The Morgan fingerprint density at radius 3 is 2.83 bits per heavy atom. The van der Waals surface area contributed by atoms with E-state index in [2.05, 4.69) is 27.8 Å². The summed E-state index contributed by atoms with van der Waals surface area (Å²) in [6, 6.07) is 0. The number of nitrogens with zero attached hydrogens (tertiary/aromatic N) is 4. The highest BCUT2D eigenvalue weighted by Crippen LogP contribution is 2.20. The highest BCUT2D eigenvalue weighted by atomic mass is 35.5. The van der Waals surface area contributed by atoms with Crippen molar-refractivity contribution in [3.05, 3.63) is 16.8 Å². The van der Waals surface area contributed by atoms with Crippen LogP contribution in [0.1, 0.15) is 0 Å². The van der Waals surface area contributed by atoms with Crippen LogP contribution in [0.3, 0.4) is 0 Å². The summed E-state index contributed by atoms with van der Waals surface area (Å²) in [6.07, 6.45) is 1.48. The fourth-order valence-corrected chi connectivity index (χ4v) is 1.44. The van der Waals surface area contributed by atoms with Crippen molar-refractivity contribution in [2.75, 3.05) is 0 Å². The minimum atomic E-state index is 0.0864. The molecule has 0 N–H and O–H groups in total. The average Bonchev–Trinajstić information content (AvgIpc) is 2.33. The predicted molar refractivity (Wildman–Crippen MR) is 49.7 cm³/mol. The third-order valence-electron chi connectivity index (χ3n) is 1.31. The highest BCUT2D eigenvalue weighted by molar-refractivity contribution is 7.78. The quantitative estimate of drug-likeness (QED) is 0.419. The van der Waals surface area contributed by atoms with Crippen molar-refractivity contribution in [2.24, 2.45) is 0 Å². The molecule has 0 aromatic carbocycles. The molecule has 2 heterocycles. The highest BCUT2D eigenvalue weighted by Gasteiger charge is 2.08. The van der Waals surface area contributed by atoms with E-state index >= 15 is 0 Å². The van der Waals surface area contributed by atoms with Gasteiger partial charge in [-0.25, -0.2) is 9.97 Å². The van der Waals surface area contributed by atoms with E-state index < -0.39 is 0 Å². The lowest BCUT2D eigenvalue weighted by Crippen LogP contribution is -1.87. The molecule has 0 saturated heterocycles. The topological polar surface area (TPSA) is 43.6 Å². The van der Waals surface area contributed by atoms with Crippen molar-refractivity contribution in [1.29, 1.82) is 0 Å². The van der Waals surface area contributed by atoms with Crippen molar-refractivity contribution in [1.82, 2.24) is 18.9 Å². The number of halogens is 2. The SMILES string of the molecule is Sn1cnc2c(Cl)nc(Cl)nc21. The molecule has 0 fully saturated rings. The number of rotatable bonds is 0. The molecule has 4 nitrogen and oxygen atoms in total. The van der Waals surface area contributed by atoms with Crippen LogP contribution in [0.4, 0.5) is 0 Å². The zero-order chi connectivity index (χ0) is 8.72. The number of aromatic nitrogens is 4. The van der Waals surface area contributed by atoms with Gasteiger partial charge in [-0.05, 0) is 11.6 Å². The molecule has 7 heteroatoms. The van der Waals surface area contributed by atoms with Crippen molar-refractivity contribution in [2.45, 2.75) is 0 Å². The Bertz CT molecular complexity index is 440. The normalized spacial score (nSPS) is 10.9. The van der Waals surface area contributed by atoms with Crippen LogP contribution in [-0.2, 0) is 0 Å². The van der Waals surface area contributed by atoms with Crippen LogP contribution in [0.2, 0.25) is 10.4 Å². The molecule has 0 unspecified atom stereocenters. The molecular weight excluding hydrogens is 219 g/mol. The first-order valence-electron chi connectivity index (χ1n) is 2.94. The molecular formula is C5H2Cl2N4S. The second-order valence-electron chi connectivity index (χ2n) is 2.04. The van der Waals surface area contributed by atoms with Gasteiger partial charge in [-0.15, -0.1) is 0 Å². The van der Waals surface area contributed by atoms with Gasteiger partial charge in [0.2, 0.25) is 5.28 Å². The summed E-state index contributed by atoms with van der Waals surface area (Å²) >= 11 is 15.3. The maximum Gasteiger partial charge on any atom is 0.225 e. The van der Waals surface area contributed by atoms with Crippen LogP contribution in [0.5, 0.6) is 0 Å². The van der Waals surface area contributed by atoms with Gasteiger partial charge >= 0.3 is 0 Å². The Labute approximate surface area is 83.1 Å². The number of thiol groups is 1. The Kier molecular flexibility index (Phi) is 1.86. The minimum Gasteiger partial charge on any atom is -0.259 e. The van der Waals surface area contributed by atoms with Gasteiger partial charge in [0.05, 0.1) is 0 Å². The van der Waals surface area contributed by atoms with Crippen LogP contribution in [0, 0.1) is 0 Å². The van der Waals surface area contributed by atoms with Crippen LogP contribution in [0.25, 0.3) is 11.2 Å². The van der Waals surface area contributed by atoms with E-state index in [-0.39, 0.29) is 10.4 Å². The summed E-state index contributed by atoms with van der Waals surface area (Å²) in [5.41, 5.74) is 0.999. The molecule has 0 aliphatic rings. The lowest BCUT2D eigenvalue weighted by Gasteiger charge is -1.93. The van der Waals surface area contributed by atoms with E-state index in [1.165, 1.54) is 10.3 Å². The first-order chi connectivity index (χ1) is 5.68. The van der Waals surface area contributed by atoms with Crippen molar-refractivity contribution in [3.63, 3.8) is 0 Å². The fourth-order valence-electron chi connectivity index (χ4n) is 0.829. The smallest absolute Gasteiger partial charge is 0.225 e. The summed E-state index contributed by atoms with van der Waals surface area (Å²) in [4.78, 5) is 11.5. The maximum absolute atomic E-state index is 5.73. The van der Waals surface area contributed by atoms with Crippen LogP contribution in [-0.4, -0.2) is 18.9 Å². The Hall–Kier alpha value is -0.520. The Morgan fingerprint density at radius 1 is 1.33 bits per heavy atom. The van der Waals surface area contributed by atoms with E-state index in [4.69, 9.17) is 23.2 Å². The second-order valence-corrected chi connectivity index (χ2v) is 3.17. The van der Waals surface area contributed by atoms with Crippen molar-refractivity contribution < 1.29 is 0 Å². The molecule has 0 radical (unpaired) electrons. The molecule has 0 spiro atoms. The largest absolute Gasteiger partial charge is 0.259 e. The van der Waals surface area contributed by atoms with E-state index in [0.717, 1.165) is 0 Å². The zero-order valence-electron chi connectivity index (χ0n) is 5.57. The van der Waals surface area contributed by atoms with Crippen LogP contribution < -0.4 is 0 Å². The van der Waals surface area contributed by atoms with Gasteiger partial charge in [-0.1, -0.05) is 24.4 Å². The number of imidazole rings is 1. The molecule has 2 aromatic heterocycles. The summed E-state index contributed by atoms with van der Waals surface area (Å²) in [5.74, 6) is 0. The van der Waals surface area contributed by atoms with Gasteiger partial charge in [0.1, 0.15) is 11.8 Å². The van der Waals surface area contributed by atoms with Crippen LogP contribution >= 0.6 is 36.0 Å². The third-order valence-corrected chi connectivity index (χ3v) is 2.03. The minimum absolute atomic E-state index is 0.0864. The van der Waals surface area contributed by atoms with Gasteiger partial charge in [-0.3, -0.25) is 3.97 Å². The summed E-state index contributed by atoms with van der Waals surface area (Å²) in [7, 11) is 0. The van der Waals surface area contributed by atoms with E-state index in [9.17, 15) is 0 Å². The van der Waals surface area contributed by atoms with Gasteiger partial charge in [0.25, 0.3) is 0 Å². The maximum atomic E-state index is 5.73. The molecule has 2 aromatic rings. The first kappa shape index (κ1) is 8.10. The molecule has 0 bridgehead atoms. The molecule has 2 rings (SSSR count). The van der Waals surface area contributed by atoms with Gasteiger partial charge in [0.15, 0.2) is 10.8 Å². The molecule has 62 valence electrons. The molecule has 0 aliphatic heterocycles.